The van der Waals surface area contributed by atoms with Gasteiger partial charge < -0.3 is 16.0 Å². The Morgan fingerprint density at radius 1 is 1.28 bits per heavy atom. The van der Waals surface area contributed by atoms with Gasteiger partial charge in [0.05, 0.1) is 12.3 Å². The molecule has 0 saturated heterocycles. The summed E-state index contributed by atoms with van der Waals surface area (Å²) < 4.78 is 0. The second-order valence-corrected chi connectivity index (χ2v) is 5.17. The standard InChI is InChI=1S/C15H29N3/c1-3-4-5-6-7-8-9-10-11-15-17-12-13-18(15)14(2)16/h3,12-15,17H,1,4-11,16H2,2H3. The van der Waals surface area contributed by atoms with Gasteiger partial charge in [-0.2, -0.15) is 0 Å². The van der Waals surface area contributed by atoms with Gasteiger partial charge in [0.1, 0.15) is 0 Å². The molecule has 0 bridgehead atoms. The third-order valence-electron chi connectivity index (χ3n) is 3.50. The molecule has 1 aliphatic rings. The molecule has 104 valence electrons. The first-order valence-corrected chi connectivity index (χ1v) is 7.32. The SMILES string of the molecule is C=CCCCCCCCCC1NC=CN1C(C)N. The lowest BCUT2D eigenvalue weighted by molar-refractivity contribution is 0.208. The Morgan fingerprint density at radius 3 is 2.61 bits per heavy atom. The summed E-state index contributed by atoms with van der Waals surface area (Å²) in [6.07, 6.45) is 16.9. The zero-order chi connectivity index (χ0) is 13.2. The van der Waals surface area contributed by atoms with Crippen LogP contribution in [0.4, 0.5) is 0 Å². The molecule has 18 heavy (non-hydrogen) atoms. The van der Waals surface area contributed by atoms with Crippen LogP contribution in [0.25, 0.3) is 0 Å². The number of hydrogen-bond donors (Lipinski definition) is 2. The van der Waals surface area contributed by atoms with Crippen molar-refractivity contribution >= 4 is 0 Å². The number of nitrogens with zero attached hydrogens (tertiary/aromatic N) is 1. The number of unbranched alkanes of at least 4 members (excludes halogenated alkanes) is 6. The fourth-order valence-corrected chi connectivity index (χ4v) is 2.42. The number of rotatable bonds is 10. The molecule has 0 saturated carbocycles. The first-order valence-electron chi connectivity index (χ1n) is 7.32. The van der Waals surface area contributed by atoms with E-state index >= 15 is 0 Å². The van der Waals surface area contributed by atoms with Crippen LogP contribution in [0.1, 0.15) is 58.3 Å². The highest BCUT2D eigenvalue weighted by Gasteiger charge is 2.20. The molecular weight excluding hydrogens is 222 g/mol. The highest BCUT2D eigenvalue weighted by Crippen LogP contribution is 2.15. The Bertz CT molecular complexity index is 248. The van der Waals surface area contributed by atoms with Crippen LogP contribution in [0.15, 0.2) is 25.1 Å². The van der Waals surface area contributed by atoms with Gasteiger partial charge in [0.25, 0.3) is 0 Å². The van der Waals surface area contributed by atoms with Crippen LogP contribution >= 0.6 is 0 Å². The molecule has 0 aromatic rings. The van der Waals surface area contributed by atoms with Crippen LogP contribution in [0.5, 0.6) is 0 Å². The Hall–Kier alpha value is -0.960. The van der Waals surface area contributed by atoms with E-state index < -0.39 is 0 Å². The van der Waals surface area contributed by atoms with Crippen molar-refractivity contribution in [2.45, 2.75) is 70.6 Å². The molecule has 1 aliphatic heterocycles. The third-order valence-corrected chi connectivity index (χ3v) is 3.50. The van der Waals surface area contributed by atoms with Gasteiger partial charge in [-0.05, 0) is 32.6 Å². The van der Waals surface area contributed by atoms with Crippen LogP contribution in [0, 0.1) is 0 Å². The van der Waals surface area contributed by atoms with Gasteiger partial charge in [0, 0.05) is 12.4 Å². The monoisotopic (exact) mass is 251 g/mol. The lowest BCUT2D eigenvalue weighted by atomic mass is 10.1. The van der Waals surface area contributed by atoms with Crippen LogP contribution in [0.3, 0.4) is 0 Å². The molecule has 0 aromatic carbocycles. The molecule has 0 amide bonds. The Labute approximate surface area is 112 Å². The van der Waals surface area contributed by atoms with Gasteiger partial charge >= 0.3 is 0 Å². The minimum atomic E-state index is 0.0974. The molecule has 0 spiro atoms. The van der Waals surface area contributed by atoms with Crippen molar-refractivity contribution in [3.05, 3.63) is 25.1 Å². The first-order chi connectivity index (χ1) is 8.75. The second kappa shape index (κ2) is 9.03. The Morgan fingerprint density at radius 2 is 1.94 bits per heavy atom. The van der Waals surface area contributed by atoms with E-state index in [1.807, 2.05) is 19.2 Å². The van der Waals surface area contributed by atoms with E-state index in [0.29, 0.717) is 6.17 Å². The minimum Gasteiger partial charge on any atom is -0.370 e. The summed E-state index contributed by atoms with van der Waals surface area (Å²) in [4.78, 5) is 2.20. The molecule has 0 aromatic heterocycles. The van der Waals surface area contributed by atoms with E-state index in [1.165, 1.54) is 51.4 Å². The maximum Gasteiger partial charge on any atom is 0.0995 e. The van der Waals surface area contributed by atoms with Crippen molar-refractivity contribution in [1.29, 1.82) is 0 Å². The Balaban J connectivity index is 1.96. The van der Waals surface area contributed by atoms with Crippen molar-refractivity contribution in [1.82, 2.24) is 10.2 Å². The molecule has 0 radical (unpaired) electrons. The van der Waals surface area contributed by atoms with Gasteiger partial charge in [-0.15, -0.1) is 6.58 Å². The van der Waals surface area contributed by atoms with Crippen molar-refractivity contribution in [2.75, 3.05) is 0 Å². The summed E-state index contributed by atoms with van der Waals surface area (Å²) in [6, 6.07) is 0. The average Bonchev–Trinajstić information content (AvgIpc) is 2.81. The van der Waals surface area contributed by atoms with Gasteiger partial charge in [0.15, 0.2) is 0 Å². The largest absolute Gasteiger partial charge is 0.370 e. The van der Waals surface area contributed by atoms with E-state index in [2.05, 4.69) is 23.0 Å². The molecule has 1 rings (SSSR count). The van der Waals surface area contributed by atoms with Crippen molar-refractivity contribution in [2.24, 2.45) is 5.73 Å². The van der Waals surface area contributed by atoms with Crippen LogP contribution < -0.4 is 11.1 Å². The minimum absolute atomic E-state index is 0.0974. The molecule has 0 fully saturated rings. The van der Waals surface area contributed by atoms with Crippen LogP contribution in [0.2, 0.25) is 0 Å². The molecule has 3 N–H and O–H groups in total. The molecular formula is C15H29N3. The lowest BCUT2D eigenvalue weighted by Gasteiger charge is -2.28. The van der Waals surface area contributed by atoms with Gasteiger partial charge in [0.2, 0.25) is 0 Å². The highest BCUT2D eigenvalue weighted by atomic mass is 15.3. The first kappa shape index (κ1) is 15.1. The van der Waals surface area contributed by atoms with Gasteiger partial charge in [-0.3, -0.25) is 0 Å². The molecule has 2 atom stereocenters. The predicted octanol–water partition coefficient (Wildman–Crippen LogP) is 3.30. The quantitative estimate of drug-likeness (QED) is 0.462. The fourth-order valence-electron chi connectivity index (χ4n) is 2.42. The predicted molar refractivity (Wildman–Crippen MR) is 78.7 cm³/mol. The summed E-state index contributed by atoms with van der Waals surface area (Å²) >= 11 is 0. The second-order valence-electron chi connectivity index (χ2n) is 5.17. The Kier molecular flexibility index (Phi) is 7.58. The number of nitrogens with two attached hydrogens (primary N) is 1. The van der Waals surface area contributed by atoms with E-state index in [0.717, 1.165) is 0 Å². The van der Waals surface area contributed by atoms with Gasteiger partial charge in [-0.25, -0.2) is 0 Å². The topological polar surface area (TPSA) is 41.3 Å². The van der Waals surface area contributed by atoms with Crippen LogP contribution in [-0.2, 0) is 0 Å². The summed E-state index contributed by atoms with van der Waals surface area (Å²) in [5.41, 5.74) is 5.91. The van der Waals surface area contributed by atoms with E-state index in [-0.39, 0.29) is 6.17 Å². The van der Waals surface area contributed by atoms with E-state index in [9.17, 15) is 0 Å². The zero-order valence-electron chi connectivity index (χ0n) is 11.8. The maximum absolute atomic E-state index is 5.91. The summed E-state index contributed by atoms with van der Waals surface area (Å²) in [5.74, 6) is 0. The third kappa shape index (κ3) is 5.58. The summed E-state index contributed by atoms with van der Waals surface area (Å²) in [7, 11) is 0. The zero-order valence-corrected chi connectivity index (χ0v) is 11.8. The summed E-state index contributed by atoms with van der Waals surface area (Å²) in [6.45, 7) is 5.78. The number of nitrogens with one attached hydrogen (secondary N) is 1. The summed E-state index contributed by atoms with van der Waals surface area (Å²) in [5, 5.41) is 3.36. The lowest BCUT2D eigenvalue weighted by Crippen LogP contribution is -2.44. The van der Waals surface area contributed by atoms with Crippen molar-refractivity contribution < 1.29 is 0 Å². The number of hydrogen-bond acceptors (Lipinski definition) is 3. The van der Waals surface area contributed by atoms with Gasteiger partial charge in [-0.1, -0.05) is 31.8 Å². The fraction of sp³-hybridized carbons (Fsp3) is 0.733. The molecule has 0 aliphatic carbocycles. The maximum atomic E-state index is 5.91. The molecule has 2 unspecified atom stereocenters. The van der Waals surface area contributed by atoms with Crippen molar-refractivity contribution in [3.63, 3.8) is 0 Å². The molecule has 3 heteroatoms. The number of allylic oxidation sites excluding steroid dienone is 1. The highest BCUT2D eigenvalue weighted by molar-refractivity contribution is 4.95. The average molecular weight is 251 g/mol. The van der Waals surface area contributed by atoms with E-state index in [1.54, 1.807) is 0 Å². The van der Waals surface area contributed by atoms with E-state index in [4.69, 9.17) is 5.73 Å². The molecule has 1 heterocycles. The van der Waals surface area contributed by atoms with Crippen LogP contribution in [-0.4, -0.2) is 17.2 Å². The normalized spacial score (nSPS) is 19.9. The van der Waals surface area contributed by atoms with Crippen molar-refractivity contribution in [3.8, 4) is 0 Å². The molecule has 3 nitrogen and oxygen atoms in total. The smallest absolute Gasteiger partial charge is 0.0995 e.